The van der Waals surface area contributed by atoms with Crippen LogP contribution in [0.25, 0.3) is 0 Å². The first-order valence-electron chi connectivity index (χ1n) is 10.2. The SMILES string of the molecule is Cc1cc(NC(=O)C(=O)N2C[C@@H](C)CC[C@@H]2c2ccc(C(C)(C)O)cc2)cnc1N. The molecule has 2 amide bonds. The number of nitrogens with two attached hydrogens (primary N) is 1. The minimum absolute atomic E-state index is 0.179. The predicted molar refractivity (Wildman–Crippen MR) is 117 cm³/mol. The molecule has 0 unspecified atom stereocenters. The van der Waals surface area contributed by atoms with E-state index in [4.69, 9.17) is 5.73 Å². The zero-order valence-corrected chi connectivity index (χ0v) is 18.0. The number of nitrogens with zero attached hydrogens (tertiary/aromatic N) is 2. The van der Waals surface area contributed by atoms with Crippen LogP contribution >= 0.6 is 0 Å². The van der Waals surface area contributed by atoms with Crippen LogP contribution in [-0.2, 0) is 15.2 Å². The molecule has 1 aromatic carbocycles. The maximum Gasteiger partial charge on any atom is 0.313 e. The monoisotopic (exact) mass is 410 g/mol. The van der Waals surface area contributed by atoms with E-state index >= 15 is 0 Å². The number of piperidine rings is 1. The summed E-state index contributed by atoms with van der Waals surface area (Å²) in [6, 6.07) is 9.12. The highest BCUT2D eigenvalue weighted by molar-refractivity contribution is 6.39. The van der Waals surface area contributed by atoms with Gasteiger partial charge >= 0.3 is 11.8 Å². The molecule has 2 aromatic rings. The Bertz CT molecular complexity index is 934. The normalized spacial score (nSPS) is 19.4. The molecule has 1 aliphatic heterocycles. The molecule has 1 fully saturated rings. The molecular formula is C23H30N4O3. The van der Waals surface area contributed by atoms with Crippen molar-refractivity contribution in [1.29, 1.82) is 0 Å². The van der Waals surface area contributed by atoms with Gasteiger partial charge in [0.25, 0.3) is 0 Å². The van der Waals surface area contributed by atoms with Crippen LogP contribution in [0.3, 0.4) is 0 Å². The summed E-state index contributed by atoms with van der Waals surface area (Å²) in [6.07, 6.45) is 3.20. The van der Waals surface area contributed by atoms with Crippen molar-refractivity contribution in [3.8, 4) is 0 Å². The van der Waals surface area contributed by atoms with Crippen LogP contribution in [-0.4, -0.2) is 33.3 Å². The number of nitrogen functional groups attached to an aromatic ring is 1. The number of aromatic nitrogens is 1. The average molecular weight is 411 g/mol. The number of nitrogens with one attached hydrogen (secondary N) is 1. The van der Waals surface area contributed by atoms with Crippen molar-refractivity contribution in [3.05, 3.63) is 53.2 Å². The Morgan fingerprint density at radius 2 is 1.90 bits per heavy atom. The van der Waals surface area contributed by atoms with Crippen molar-refractivity contribution in [3.63, 3.8) is 0 Å². The van der Waals surface area contributed by atoms with E-state index < -0.39 is 17.4 Å². The van der Waals surface area contributed by atoms with Gasteiger partial charge in [-0.25, -0.2) is 4.98 Å². The van der Waals surface area contributed by atoms with Crippen LogP contribution in [0.15, 0.2) is 36.5 Å². The van der Waals surface area contributed by atoms with Crippen LogP contribution in [0, 0.1) is 12.8 Å². The van der Waals surface area contributed by atoms with E-state index in [0.717, 1.165) is 29.5 Å². The van der Waals surface area contributed by atoms with Gasteiger partial charge in [-0.2, -0.15) is 0 Å². The fraction of sp³-hybridized carbons (Fsp3) is 0.435. The fourth-order valence-electron chi connectivity index (χ4n) is 3.81. The number of hydrogen-bond acceptors (Lipinski definition) is 5. The van der Waals surface area contributed by atoms with Gasteiger partial charge in [0, 0.05) is 6.54 Å². The van der Waals surface area contributed by atoms with Crippen molar-refractivity contribution >= 4 is 23.3 Å². The quantitative estimate of drug-likeness (QED) is 0.674. The van der Waals surface area contributed by atoms with Gasteiger partial charge in [-0.15, -0.1) is 0 Å². The lowest BCUT2D eigenvalue weighted by Gasteiger charge is -2.38. The van der Waals surface area contributed by atoms with Crippen LogP contribution in [0.5, 0.6) is 0 Å². The molecule has 1 aliphatic rings. The largest absolute Gasteiger partial charge is 0.386 e. The standard InChI is InChI=1S/C23H30N4O3/c1-14-5-10-19(16-6-8-17(9-7-16)23(3,4)30)27(13-14)22(29)21(28)26-18-11-15(2)20(24)25-12-18/h6-9,11-12,14,19,30H,5,10,13H2,1-4H3,(H2,24,25)(H,26,28)/t14-,19+/m0/s1. The summed E-state index contributed by atoms with van der Waals surface area (Å²) in [5.74, 6) is -0.548. The Balaban J connectivity index is 1.80. The minimum atomic E-state index is -0.930. The van der Waals surface area contributed by atoms with Crippen LogP contribution in [0.1, 0.15) is 56.3 Å². The van der Waals surface area contributed by atoms with Crippen molar-refractivity contribution < 1.29 is 14.7 Å². The molecule has 160 valence electrons. The first-order chi connectivity index (χ1) is 14.1. The molecule has 4 N–H and O–H groups in total. The lowest BCUT2D eigenvalue weighted by molar-refractivity contribution is -0.146. The number of aryl methyl sites for hydroxylation is 1. The number of amides is 2. The maximum atomic E-state index is 13.0. The van der Waals surface area contributed by atoms with Gasteiger partial charge in [-0.3, -0.25) is 9.59 Å². The molecule has 3 rings (SSSR count). The summed E-state index contributed by atoms with van der Waals surface area (Å²) < 4.78 is 0. The Kier molecular flexibility index (Phi) is 6.12. The lowest BCUT2D eigenvalue weighted by atomic mass is 9.88. The van der Waals surface area contributed by atoms with Gasteiger partial charge in [0.2, 0.25) is 0 Å². The zero-order valence-electron chi connectivity index (χ0n) is 18.0. The first kappa shape index (κ1) is 21.8. The number of pyridine rings is 1. The molecule has 7 heteroatoms. The maximum absolute atomic E-state index is 13.0. The molecule has 7 nitrogen and oxygen atoms in total. The third-order valence-electron chi connectivity index (χ3n) is 5.65. The highest BCUT2D eigenvalue weighted by atomic mass is 16.3. The molecule has 0 bridgehead atoms. The Hall–Kier alpha value is -2.93. The van der Waals surface area contributed by atoms with Gasteiger partial charge in [-0.1, -0.05) is 31.2 Å². The van der Waals surface area contributed by atoms with Crippen molar-refractivity contribution in [2.24, 2.45) is 5.92 Å². The Labute approximate surface area is 177 Å². The van der Waals surface area contributed by atoms with Gasteiger partial charge in [0.1, 0.15) is 5.82 Å². The van der Waals surface area contributed by atoms with Gasteiger partial charge in [0.05, 0.1) is 23.5 Å². The second-order valence-electron chi connectivity index (χ2n) is 8.72. The molecule has 0 spiro atoms. The van der Waals surface area contributed by atoms with E-state index in [0.29, 0.717) is 24.0 Å². The number of benzene rings is 1. The minimum Gasteiger partial charge on any atom is -0.386 e. The highest BCUT2D eigenvalue weighted by Crippen LogP contribution is 2.34. The molecule has 0 radical (unpaired) electrons. The number of aliphatic hydroxyl groups is 1. The highest BCUT2D eigenvalue weighted by Gasteiger charge is 2.34. The number of rotatable bonds is 3. The number of carbonyl (C=O) groups excluding carboxylic acids is 2. The summed E-state index contributed by atoms with van der Waals surface area (Å²) >= 11 is 0. The number of likely N-dealkylation sites (tertiary alicyclic amines) is 1. The molecule has 2 atom stereocenters. The third-order valence-corrected chi connectivity index (χ3v) is 5.65. The summed E-state index contributed by atoms with van der Waals surface area (Å²) in [5.41, 5.74) is 7.72. The molecule has 0 saturated carbocycles. The van der Waals surface area contributed by atoms with E-state index in [1.54, 1.807) is 31.7 Å². The van der Waals surface area contributed by atoms with Crippen molar-refractivity contribution in [1.82, 2.24) is 9.88 Å². The lowest BCUT2D eigenvalue weighted by Crippen LogP contribution is -2.46. The van der Waals surface area contributed by atoms with E-state index in [9.17, 15) is 14.7 Å². The van der Waals surface area contributed by atoms with Gasteiger partial charge in [0.15, 0.2) is 0 Å². The Morgan fingerprint density at radius 3 is 2.50 bits per heavy atom. The Morgan fingerprint density at radius 1 is 1.23 bits per heavy atom. The fourth-order valence-corrected chi connectivity index (χ4v) is 3.81. The molecule has 30 heavy (non-hydrogen) atoms. The second kappa shape index (κ2) is 8.44. The summed E-state index contributed by atoms with van der Waals surface area (Å²) in [5, 5.41) is 12.8. The first-order valence-corrected chi connectivity index (χ1v) is 10.2. The molecule has 1 saturated heterocycles. The van der Waals surface area contributed by atoms with Gasteiger partial charge in [-0.05, 0) is 62.3 Å². The number of anilines is 2. The van der Waals surface area contributed by atoms with E-state index in [2.05, 4.69) is 17.2 Å². The topological polar surface area (TPSA) is 109 Å². The second-order valence-corrected chi connectivity index (χ2v) is 8.72. The predicted octanol–water partition coefficient (Wildman–Crippen LogP) is 3.14. The van der Waals surface area contributed by atoms with E-state index in [-0.39, 0.29) is 6.04 Å². The van der Waals surface area contributed by atoms with E-state index in [1.165, 1.54) is 6.20 Å². The van der Waals surface area contributed by atoms with Crippen LogP contribution in [0.2, 0.25) is 0 Å². The third kappa shape index (κ3) is 4.79. The molecule has 2 heterocycles. The van der Waals surface area contributed by atoms with Gasteiger partial charge < -0.3 is 21.1 Å². The number of carbonyl (C=O) groups is 2. The summed E-state index contributed by atoms with van der Waals surface area (Å²) in [7, 11) is 0. The molecule has 0 aliphatic carbocycles. The van der Waals surface area contributed by atoms with E-state index in [1.807, 2.05) is 24.3 Å². The van der Waals surface area contributed by atoms with Crippen LogP contribution in [0.4, 0.5) is 11.5 Å². The van der Waals surface area contributed by atoms with Crippen molar-refractivity contribution in [2.75, 3.05) is 17.6 Å². The van der Waals surface area contributed by atoms with Crippen molar-refractivity contribution in [2.45, 2.75) is 52.2 Å². The smallest absolute Gasteiger partial charge is 0.313 e. The van der Waals surface area contributed by atoms with Crippen LogP contribution < -0.4 is 11.1 Å². The summed E-state index contributed by atoms with van der Waals surface area (Å²) in [4.78, 5) is 31.4. The molecule has 1 aromatic heterocycles. The zero-order chi connectivity index (χ0) is 22.1. The average Bonchev–Trinajstić information content (AvgIpc) is 2.69. The molecular weight excluding hydrogens is 380 g/mol. The summed E-state index contributed by atoms with van der Waals surface area (Å²) in [6.45, 7) is 7.86. The number of hydrogen-bond donors (Lipinski definition) is 3.